The Kier molecular flexibility index (Phi) is 4.06. The van der Waals surface area contributed by atoms with Crippen LogP contribution in [0.4, 0.5) is 11.6 Å². The molecule has 0 aliphatic rings. The largest absolute Gasteiger partial charge is 0.395 e. The Balaban J connectivity index is 2.81. The molecule has 5 nitrogen and oxygen atoms in total. The molecule has 0 unspecified atom stereocenters. The van der Waals surface area contributed by atoms with Gasteiger partial charge in [0.05, 0.1) is 6.61 Å². The molecular weight excluding hydrogens is 204 g/mol. The molecule has 0 fully saturated rings. The van der Waals surface area contributed by atoms with Crippen LogP contribution in [0.25, 0.3) is 0 Å². The molecule has 0 atom stereocenters. The molecule has 5 heteroatoms. The highest BCUT2D eigenvalue weighted by molar-refractivity contribution is 5.48. The van der Waals surface area contributed by atoms with Gasteiger partial charge in [-0.3, -0.25) is 0 Å². The third-order valence-electron chi connectivity index (χ3n) is 1.76. The topological polar surface area (TPSA) is 70.1 Å². The molecule has 1 aromatic rings. The van der Waals surface area contributed by atoms with Gasteiger partial charge in [0.25, 0.3) is 0 Å². The molecule has 0 bridgehead atoms. The number of nitrogens with zero attached hydrogens (tertiary/aromatic N) is 2. The smallest absolute Gasteiger partial charge is 0.132 e. The lowest BCUT2D eigenvalue weighted by Gasteiger charge is -2.21. The predicted octanol–water partition coefficient (Wildman–Crippen LogP) is 1.40. The Bertz CT molecular complexity index is 346. The first kappa shape index (κ1) is 12.7. The molecule has 90 valence electrons. The van der Waals surface area contributed by atoms with E-state index in [2.05, 4.69) is 41.4 Å². The fraction of sp³-hybridized carbons (Fsp3) is 0.636. The van der Waals surface area contributed by atoms with E-state index in [0.29, 0.717) is 12.4 Å². The fourth-order valence-corrected chi connectivity index (χ4v) is 1.29. The molecular formula is C11H20N4O. The van der Waals surface area contributed by atoms with Crippen molar-refractivity contribution in [3.63, 3.8) is 0 Å². The van der Waals surface area contributed by atoms with E-state index in [9.17, 15) is 0 Å². The van der Waals surface area contributed by atoms with E-state index in [-0.39, 0.29) is 12.1 Å². The second kappa shape index (κ2) is 5.12. The summed E-state index contributed by atoms with van der Waals surface area (Å²) in [5, 5.41) is 15.0. The van der Waals surface area contributed by atoms with Crippen LogP contribution in [0.15, 0.2) is 6.07 Å². The van der Waals surface area contributed by atoms with Crippen LogP contribution in [-0.2, 0) is 0 Å². The summed E-state index contributed by atoms with van der Waals surface area (Å²) in [5.74, 6) is 2.23. The maximum Gasteiger partial charge on any atom is 0.132 e. The first-order chi connectivity index (χ1) is 7.40. The van der Waals surface area contributed by atoms with Gasteiger partial charge in [-0.2, -0.15) is 0 Å². The zero-order valence-electron chi connectivity index (χ0n) is 10.3. The standard InChI is InChI=1S/C11H20N4O/c1-8-13-9(12-5-6-16)7-10(14-8)15-11(2,3)4/h7,16H,5-6H2,1-4H3,(H2,12,13,14,15). The van der Waals surface area contributed by atoms with E-state index in [1.807, 2.05) is 13.0 Å². The Morgan fingerprint density at radius 1 is 1.25 bits per heavy atom. The van der Waals surface area contributed by atoms with Gasteiger partial charge in [-0.1, -0.05) is 0 Å². The Morgan fingerprint density at radius 2 is 1.88 bits per heavy atom. The molecule has 0 saturated heterocycles. The minimum Gasteiger partial charge on any atom is -0.395 e. The molecule has 1 aromatic heterocycles. The van der Waals surface area contributed by atoms with Gasteiger partial charge in [-0.25, -0.2) is 9.97 Å². The van der Waals surface area contributed by atoms with Gasteiger partial charge in [0.2, 0.25) is 0 Å². The van der Waals surface area contributed by atoms with Gasteiger partial charge in [-0.15, -0.1) is 0 Å². The van der Waals surface area contributed by atoms with E-state index >= 15 is 0 Å². The summed E-state index contributed by atoms with van der Waals surface area (Å²) in [5.41, 5.74) is -0.0327. The first-order valence-corrected chi connectivity index (χ1v) is 5.39. The van der Waals surface area contributed by atoms with E-state index in [0.717, 1.165) is 11.6 Å². The van der Waals surface area contributed by atoms with Crippen molar-refractivity contribution in [1.29, 1.82) is 0 Å². The number of hydrogen-bond acceptors (Lipinski definition) is 5. The van der Waals surface area contributed by atoms with Gasteiger partial charge in [0.1, 0.15) is 17.5 Å². The van der Waals surface area contributed by atoms with Gasteiger partial charge >= 0.3 is 0 Å². The Hall–Kier alpha value is -1.36. The van der Waals surface area contributed by atoms with Crippen LogP contribution in [0.3, 0.4) is 0 Å². The number of aryl methyl sites for hydroxylation is 1. The maximum atomic E-state index is 8.73. The van der Waals surface area contributed by atoms with Crippen molar-refractivity contribution in [3.05, 3.63) is 11.9 Å². The summed E-state index contributed by atoms with van der Waals surface area (Å²) in [6, 6.07) is 1.84. The lowest BCUT2D eigenvalue weighted by Crippen LogP contribution is -2.27. The van der Waals surface area contributed by atoms with Crippen molar-refractivity contribution in [2.75, 3.05) is 23.8 Å². The minimum absolute atomic E-state index is 0.0327. The van der Waals surface area contributed by atoms with E-state index in [1.54, 1.807) is 0 Å². The molecule has 0 saturated carbocycles. The van der Waals surface area contributed by atoms with Gasteiger partial charge in [0, 0.05) is 18.2 Å². The van der Waals surface area contributed by atoms with Crippen LogP contribution < -0.4 is 10.6 Å². The second-order valence-electron chi connectivity index (χ2n) is 4.71. The fourth-order valence-electron chi connectivity index (χ4n) is 1.29. The van der Waals surface area contributed by atoms with Crippen molar-refractivity contribution < 1.29 is 5.11 Å². The molecule has 0 spiro atoms. The summed E-state index contributed by atoms with van der Waals surface area (Å²) >= 11 is 0. The Labute approximate surface area is 96.3 Å². The molecule has 0 amide bonds. The molecule has 3 N–H and O–H groups in total. The highest BCUT2D eigenvalue weighted by atomic mass is 16.3. The van der Waals surface area contributed by atoms with Crippen LogP contribution >= 0.6 is 0 Å². The summed E-state index contributed by atoms with van der Waals surface area (Å²) < 4.78 is 0. The zero-order valence-corrected chi connectivity index (χ0v) is 10.3. The van der Waals surface area contributed by atoms with E-state index in [1.165, 1.54) is 0 Å². The number of aromatic nitrogens is 2. The third kappa shape index (κ3) is 4.44. The molecule has 0 radical (unpaired) electrons. The summed E-state index contributed by atoms with van der Waals surface area (Å²) in [4.78, 5) is 8.53. The second-order valence-corrected chi connectivity index (χ2v) is 4.71. The third-order valence-corrected chi connectivity index (χ3v) is 1.76. The minimum atomic E-state index is -0.0327. The van der Waals surface area contributed by atoms with Gasteiger partial charge < -0.3 is 15.7 Å². The number of rotatable bonds is 4. The lowest BCUT2D eigenvalue weighted by molar-refractivity contribution is 0.311. The summed E-state index contributed by atoms with van der Waals surface area (Å²) in [7, 11) is 0. The highest BCUT2D eigenvalue weighted by Gasteiger charge is 2.11. The van der Waals surface area contributed by atoms with Crippen LogP contribution in [-0.4, -0.2) is 33.8 Å². The predicted molar refractivity (Wildman–Crippen MR) is 65.7 cm³/mol. The number of anilines is 2. The number of hydrogen-bond donors (Lipinski definition) is 3. The lowest BCUT2D eigenvalue weighted by atomic mass is 10.1. The SMILES string of the molecule is Cc1nc(NCCO)cc(NC(C)(C)C)n1. The molecule has 1 rings (SSSR count). The quantitative estimate of drug-likeness (QED) is 0.721. The van der Waals surface area contributed by atoms with E-state index < -0.39 is 0 Å². The zero-order chi connectivity index (χ0) is 12.2. The highest BCUT2D eigenvalue weighted by Crippen LogP contribution is 2.15. The average molecular weight is 224 g/mol. The molecule has 1 heterocycles. The van der Waals surface area contributed by atoms with Gasteiger partial charge in [-0.05, 0) is 27.7 Å². The molecule has 16 heavy (non-hydrogen) atoms. The van der Waals surface area contributed by atoms with Crippen molar-refractivity contribution in [2.24, 2.45) is 0 Å². The first-order valence-electron chi connectivity index (χ1n) is 5.39. The van der Waals surface area contributed by atoms with Crippen LogP contribution in [0.5, 0.6) is 0 Å². The van der Waals surface area contributed by atoms with Crippen molar-refractivity contribution in [3.8, 4) is 0 Å². The molecule has 0 aliphatic heterocycles. The average Bonchev–Trinajstić information content (AvgIpc) is 2.10. The Morgan fingerprint density at radius 3 is 2.44 bits per heavy atom. The normalized spacial score (nSPS) is 11.3. The number of nitrogens with one attached hydrogen (secondary N) is 2. The number of aliphatic hydroxyl groups is 1. The van der Waals surface area contributed by atoms with Gasteiger partial charge in [0.15, 0.2) is 0 Å². The van der Waals surface area contributed by atoms with Crippen LogP contribution in [0.1, 0.15) is 26.6 Å². The maximum absolute atomic E-state index is 8.73. The molecule has 0 aromatic carbocycles. The van der Waals surface area contributed by atoms with Crippen molar-refractivity contribution >= 4 is 11.6 Å². The number of aliphatic hydroxyl groups excluding tert-OH is 1. The van der Waals surface area contributed by atoms with Crippen molar-refractivity contribution in [1.82, 2.24) is 9.97 Å². The van der Waals surface area contributed by atoms with E-state index in [4.69, 9.17) is 5.11 Å². The van der Waals surface area contributed by atoms with Crippen molar-refractivity contribution in [2.45, 2.75) is 33.2 Å². The summed E-state index contributed by atoms with van der Waals surface area (Å²) in [6.45, 7) is 8.65. The monoisotopic (exact) mass is 224 g/mol. The molecule has 0 aliphatic carbocycles. The van der Waals surface area contributed by atoms with Crippen LogP contribution in [0, 0.1) is 6.92 Å². The summed E-state index contributed by atoms with van der Waals surface area (Å²) in [6.07, 6.45) is 0. The van der Waals surface area contributed by atoms with Crippen LogP contribution in [0.2, 0.25) is 0 Å².